The van der Waals surface area contributed by atoms with Crippen molar-refractivity contribution in [1.82, 2.24) is 14.8 Å². The Morgan fingerprint density at radius 3 is 2.38 bits per heavy atom. The molecule has 26 heavy (non-hydrogen) atoms. The molecule has 0 atom stereocenters. The van der Waals surface area contributed by atoms with Gasteiger partial charge in [0.25, 0.3) is 5.91 Å². The summed E-state index contributed by atoms with van der Waals surface area (Å²) in [5.41, 5.74) is 3.07. The van der Waals surface area contributed by atoms with Gasteiger partial charge < -0.3 is 5.32 Å². The fourth-order valence-electron chi connectivity index (χ4n) is 2.43. The molecular weight excluding hydrogens is 348 g/mol. The highest BCUT2D eigenvalue weighted by Gasteiger charge is 2.19. The van der Waals surface area contributed by atoms with Crippen molar-refractivity contribution in [2.45, 2.75) is 27.3 Å². The summed E-state index contributed by atoms with van der Waals surface area (Å²) < 4.78 is 1.36. The molecule has 1 N–H and O–H groups in total. The topological polar surface area (TPSA) is 59.8 Å². The molecule has 0 spiro atoms. The molecule has 0 aliphatic heterocycles. The maximum atomic E-state index is 12.5. The van der Waals surface area contributed by atoms with Gasteiger partial charge in [0, 0.05) is 23.0 Å². The summed E-state index contributed by atoms with van der Waals surface area (Å²) in [4.78, 5) is 17.1. The van der Waals surface area contributed by atoms with E-state index in [1.165, 1.54) is 4.68 Å². The molecule has 0 unspecified atom stereocenters. The van der Waals surface area contributed by atoms with Crippen LogP contribution in [0.15, 0.2) is 48.5 Å². The van der Waals surface area contributed by atoms with Crippen LogP contribution in [0.2, 0.25) is 5.02 Å². The lowest BCUT2D eigenvalue weighted by Gasteiger charge is -2.09. The van der Waals surface area contributed by atoms with E-state index in [1.807, 2.05) is 69.3 Å². The highest BCUT2D eigenvalue weighted by Crippen LogP contribution is 2.20. The summed E-state index contributed by atoms with van der Waals surface area (Å²) in [6.45, 7) is 6.24. The lowest BCUT2D eigenvalue weighted by molar-refractivity contribution is 0.0841. The molecule has 0 saturated heterocycles. The molecule has 0 radical (unpaired) electrons. The zero-order chi connectivity index (χ0) is 18.7. The van der Waals surface area contributed by atoms with Gasteiger partial charge >= 0.3 is 0 Å². The molecule has 0 aliphatic rings. The standard InChI is InChI=1S/C20H21ClN4O/c1-13(2)19(26)25-20(22-12-15-6-10-17(21)11-7-15)23-18(24-25)16-8-4-14(3)5-9-16/h4-11,13H,12H2,1-3H3,(H,22,23,24). The quantitative estimate of drug-likeness (QED) is 0.701. The predicted molar refractivity (Wildman–Crippen MR) is 104 cm³/mol. The summed E-state index contributed by atoms with van der Waals surface area (Å²) >= 11 is 5.92. The van der Waals surface area contributed by atoms with Gasteiger partial charge in [-0.2, -0.15) is 9.67 Å². The number of aromatic nitrogens is 3. The Morgan fingerprint density at radius 2 is 1.77 bits per heavy atom. The minimum absolute atomic E-state index is 0.102. The van der Waals surface area contributed by atoms with E-state index in [0.717, 1.165) is 16.7 Å². The van der Waals surface area contributed by atoms with Crippen LogP contribution in [-0.4, -0.2) is 20.7 Å². The van der Waals surface area contributed by atoms with E-state index in [4.69, 9.17) is 11.6 Å². The van der Waals surface area contributed by atoms with E-state index in [-0.39, 0.29) is 11.8 Å². The number of carbonyl (C=O) groups excluding carboxylic acids is 1. The minimum Gasteiger partial charge on any atom is -0.350 e. The first-order chi connectivity index (χ1) is 12.4. The van der Waals surface area contributed by atoms with E-state index in [1.54, 1.807) is 0 Å². The Kier molecular flexibility index (Phi) is 5.38. The monoisotopic (exact) mass is 368 g/mol. The van der Waals surface area contributed by atoms with Crippen LogP contribution in [0.25, 0.3) is 11.4 Å². The van der Waals surface area contributed by atoms with Crippen molar-refractivity contribution in [1.29, 1.82) is 0 Å². The number of hydrogen-bond acceptors (Lipinski definition) is 4. The summed E-state index contributed by atoms with van der Waals surface area (Å²) in [6, 6.07) is 15.4. The van der Waals surface area contributed by atoms with Crippen LogP contribution < -0.4 is 5.32 Å². The third kappa shape index (κ3) is 4.11. The Morgan fingerprint density at radius 1 is 1.12 bits per heavy atom. The molecule has 2 aromatic carbocycles. The van der Waals surface area contributed by atoms with Crippen LogP contribution in [0.5, 0.6) is 0 Å². The van der Waals surface area contributed by atoms with Gasteiger partial charge in [0.15, 0.2) is 5.82 Å². The zero-order valence-electron chi connectivity index (χ0n) is 15.0. The number of aryl methyl sites for hydroxylation is 1. The molecule has 0 amide bonds. The summed E-state index contributed by atoms with van der Waals surface area (Å²) in [6.07, 6.45) is 0. The number of rotatable bonds is 5. The molecular formula is C20H21ClN4O. The van der Waals surface area contributed by atoms with Gasteiger partial charge in [0.05, 0.1) is 0 Å². The number of carbonyl (C=O) groups is 1. The summed E-state index contributed by atoms with van der Waals surface area (Å²) in [7, 11) is 0. The summed E-state index contributed by atoms with van der Waals surface area (Å²) in [5.74, 6) is 0.681. The van der Waals surface area contributed by atoms with E-state index < -0.39 is 0 Å². The molecule has 134 valence electrons. The normalized spacial score (nSPS) is 11.0. The molecule has 0 bridgehead atoms. The molecule has 3 rings (SSSR count). The van der Waals surface area contributed by atoms with Crippen molar-refractivity contribution >= 4 is 23.5 Å². The van der Waals surface area contributed by atoms with Crippen LogP contribution >= 0.6 is 11.6 Å². The number of nitrogens with zero attached hydrogens (tertiary/aromatic N) is 3. The van der Waals surface area contributed by atoms with E-state index in [0.29, 0.717) is 23.3 Å². The van der Waals surface area contributed by atoms with Crippen molar-refractivity contribution < 1.29 is 4.79 Å². The van der Waals surface area contributed by atoms with Crippen molar-refractivity contribution in [3.8, 4) is 11.4 Å². The molecule has 6 heteroatoms. The average Bonchev–Trinajstić information content (AvgIpc) is 3.05. The van der Waals surface area contributed by atoms with E-state index in [2.05, 4.69) is 15.4 Å². The number of halogens is 1. The third-order valence-corrected chi connectivity index (χ3v) is 4.24. The predicted octanol–water partition coefficient (Wildman–Crippen LogP) is 4.82. The molecule has 5 nitrogen and oxygen atoms in total. The maximum Gasteiger partial charge on any atom is 0.252 e. The van der Waals surface area contributed by atoms with Crippen molar-refractivity contribution in [2.75, 3.05) is 5.32 Å². The van der Waals surface area contributed by atoms with Crippen LogP contribution in [0.4, 0.5) is 5.95 Å². The first-order valence-corrected chi connectivity index (χ1v) is 8.88. The number of anilines is 1. The number of nitrogens with one attached hydrogen (secondary N) is 1. The van der Waals surface area contributed by atoms with Gasteiger partial charge in [0.2, 0.25) is 5.95 Å². The van der Waals surface area contributed by atoms with Crippen molar-refractivity contribution in [3.63, 3.8) is 0 Å². The lowest BCUT2D eigenvalue weighted by atomic mass is 10.1. The second-order valence-electron chi connectivity index (χ2n) is 6.51. The molecule has 0 aliphatic carbocycles. The smallest absolute Gasteiger partial charge is 0.252 e. The van der Waals surface area contributed by atoms with Gasteiger partial charge in [-0.05, 0) is 24.6 Å². The highest BCUT2D eigenvalue weighted by molar-refractivity contribution is 6.30. The van der Waals surface area contributed by atoms with Gasteiger partial charge in [-0.15, -0.1) is 5.10 Å². The van der Waals surface area contributed by atoms with Gasteiger partial charge in [-0.25, -0.2) is 0 Å². The van der Waals surface area contributed by atoms with E-state index >= 15 is 0 Å². The van der Waals surface area contributed by atoms with Gasteiger partial charge in [-0.1, -0.05) is 67.4 Å². The Balaban J connectivity index is 1.89. The first-order valence-electron chi connectivity index (χ1n) is 8.50. The van der Waals surface area contributed by atoms with Crippen molar-refractivity contribution in [2.24, 2.45) is 5.92 Å². The van der Waals surface area contributed by atoms with Gasteiger partial charge in [0.1, 0.15) is 0 Å². The van der Waals surface area contributed by atoms with Crippen LogP contribution in [-0.2, 0) is 6.54 Å². The third-order valence-electron chi connectivity index (χ3n) is 3.98. The van der Waals surface area contributed by atoms with Crippen LogP contribution in [0, 0.1) is 12.8 Å². The summed E-state index contributed by atoms with van der Waals surface area (Å²) in [5, 5.41) is 8.33. The van der Waals surface area contributed by atoms with E-state index in [9.17, 15) is 4.79 Å². The van der Waals surface area contributed by atoms with Crippen LogP contribution in [0.1, 0.15) is 29.8 Å². The first kappa shape index (κ1) is 18.1. The maximum absolute atomic E-state index is 12.5. The Labute approximate surface area is 158 Å². The fourth-order valence-corrected chi connectivity index (χ4v) is 2.56. The number of benzene rings is 2. The largest absolute Gasteiger partial charge is 0.350 e. The zero-order valence-corrected chi connectivity index (χ0v) is 15.8. The fraction of sp³-hybridized carbons (Fsp3) is 0.250. The molecule has 0 fully saturated rings. The number of hydrogen-bond donors (Lipinski definition) is 1. The molecule has 0 saturated carbocycles. The van der Waals surface area contributed by atoms with Crippen molar-refractivity contribution in [3.05, 3.63) is 64.7 Å². The minimum atomic E-state index is -0.182. The second kappa shape index (κ2) is 7.70. The highest BCUT2D eigenvalue weighted by atomic mass is 35.5. The Hall–Kier alpha value is -2.66. The lowest BCUT2D eigenvalue weighted by Crippen LogP contribution is -2.21. The molecule has 1 heterocycles. The SMILES string of the molecule is Cc1ccc(-c2nc(NCc3ccc(Cl)cc3)n(C(=O)C(C)C)n2)cc1. The Bertz CT molecular complexity index is 899. The molecule has 1 aromatic heterocycles. The van der Waals surface area contributed by atoms with Gasteiger partial charge in [-0.3, -0.25) is 4.79 Å². The second-order valence-corrected chi connectivity index (χ2v) is 6.95. The average molecular weight is 369 g/mol. The molecule has 3 aromatic rings. The van der Waals surface area contributed by atoms with Crippen LogP contribution in [0.3, 0.4) is 0 Å².